The van der Waals surface area contributed by atoms with Gasteiger partial charge in [0.15, 0.2) is 6.10 Å². The van der Waals surface area contributed by atoms with Gasteiger partial charge in [-0.05, 0) is 77.0 Å². The van der Waals surface area contributed by atoms with E-state index in [2.05, 4.69) is 74.6 Å². The van der Waals surface area contributed by atoms with Crippen molar-refractivity contribution in [3.8, 4) is 0 Å². The second-order valence-corrected chi connectivity index (χ2v) is 27.1. The van der Waals surface area contributed by atoms with Gasteiger partial charge in [0, 0.05) is 12.8 Å². The fourth-order valence-electron chi connectivity index (χ4n) is 12.4. The third-order valence-corrected chi connectivity index (χ3v) is 18.3. The van der Waals surface area contributed by atoms with E-state index >= 15 is 0 Å². The number of carbonyl (C=O) groups is 2. The Hall–Kier alpha value is -2.40. The van der Waals surface area contributed by atoms with Gasteiger partial charge in [-0.3, -0.25) is 9.59 Å². The summed E-state index contributed by atoms with van der Waals surface area (Å²) in [6, 6.07) is 0. The van der Waals surface area contributed by atoms with Gasteiger partial charge in [-0.2, -0.15) is 0 Å². The molecule has 0 saturated carbocycles. The Morgan fingerprint density at radius 2 is 0.489 bits per heavy atom. The van der Waals surface area contributed by atoms with Gasteiger partial charge in [-0.15, -0.1) is 0 Å². The highest BCUT2D eigenvalue weighted by molar-refractivity contribution is 5.70. The lowest BCUT2D eigenvalue weighted by molar-refractivity contribution is -0.161. The first-order valence-corrected chi connectivity index (χ1v) is 39.8. The quantitative estimate of drug-likeness (QED) is 0.0373. The van der Waals surface area contributed by atoms with Crippen molar-refractivity contribution in [1.29, 1.82) is 0 Å². The first kappa shape index (κ1) is 85.6. The molecule has 0 aromatic rings. The van der Waals surface area contributed by atoms with E-state index < -0.39 is 6.10 Å². The molecule has 0 heterocycles. The second-order valence-electron chi connectivity index (χ2n) is 27.1. The highest BCUT2D eigenvalue weighted by Gasteiger charge is 2.16. The summed E-state index contributed by atoms with van der Waals surface area (Å²) >= 11 is 0. The lowest BCUT2D eigenvalue weighted by atomic mass is 10.0. The molecule has 0 fully saturated rings. The molecule has 0 aliphatic heterocycles. The number of allylic oxidation sites excluding steroid dienone is 10. The van der Waals surface area contributed by atoms with Crippen molar-refractivity contribution >= 4 is 11.9 Å². The van der Waals surface area contributed by atoms with Crippen LogP contribution in [0.15, 0.2) is 60.8 Å². The largest absolute Gasteiger partial charge is 0.462 e. The van der Waals surface area contributed by atoms with Crippen molar-refractivity contribution in [1.82, 2.24) is 0 Å². The summed E-state index contributed by atoms with van der Waals surface area (Å²) in [6.45, 7) is 4.09. The standard InChI is InChI=1S/C83H154O5/c1-3-5-7-9-11-13-15-17-19-21-23-25-27-29-31-33-35-37-38-39-40-41-42-43-44-46-47-49-51-53-55-57-59-61-63-65-67-69-71-73-75-77-82(85)87-80-81(79-84)88-83(86)78-76-74-72-70-68-66-64-62-60-58-56-54-52-50-48-45-36-34-32-30-28-26-24-22-20-18-16-14-12-10-8-6-4-2/h6,8,12,14,18,20-21,23-24,26,81,84H,3-5,7,9-11,13,15-17,19,22,25,27-80H2,1-2H3/b8-6-,14-12-,20-18-,23-21-,26-24-. The van der Waals surface area contributed by atoms with Crippen molar-refractivity contribution < 1.29 is 24.2 Å². The predicted octanol–water partition coefficient (Wildman–Crippen LogP) is 28.0. The molecule has 88 heavy (non-hydrogen) atoms. The number of hydrogen-bond acceptors (Lipinski definition) is 5. The van der Waals surface area contributed by atoms with Crippen LogP contribution < -0.4 is 0 Å². The van der Waals surface area contributed by atoms with Crippen LogP contribution in [0, 0.1) is 0 Å². The van der Waals surface area contributed by atoms with Crippen LogP contribution in [0.2, 0.25) is 0 Å². The van der Waals surface area contributed by atoms with Crippen LogP contribution in [-0.4, -0.2) is 36.4 Å². The van der Waals surface area contributed by atoms with Crippen molar-refractivity contribution in [2.75, 3.05) is 13.2 Å². The van der Waals surface area contributed by atoms with E-state index in [9.17, 15) is 14.7 Å². The number of hydrogen-bond donors (Lipinski definition) is 1. The molecule has 5 nitrogen and oxygen atoms in total. The minimum absolute atomic E-state index is 0.0599. The highest BCUT2D eigenvalue weighted by atomic mass is 16.6. The molecule has 0 rings (SSSR count). The Kier molecular flexibility index (Phi) is 76.7. The minimum Gasteiger partial charge on any atom is -0.462 e. The summed E-state index contributed by atoms with van der Waals surface area (Å²) < 4.78 is 10.8. The molecule has 0 bridgehead atoms. The zero-order chi connectivity index (χ0) is 63.3. The van der Waals surface area contributed by atoms with Crippen LogP contribution in [-0.2, 0) is 19.1 Å². The maximum absolute atomic E-state index is 12.4. The zero-order valence-corrected chi connectivity index (χ0v) is 59.5. The van der Waals surface area contributed by atoms with Crippen molar-refractivity contribution in [3.63, 3.8) is 0 Å². The zero-order valence-electron chi connectivity index (χ0n) is 59.5. The smallest absolute Gasteiger partial charge is 0.306 e. The van der Waals surface area contributed by atoms with Gasteiger partial charge < -0.3 is 14.6 Å². The van der Waals surface area contributed by atoms with E-state index in [0.717, 1.165) is 57.8 Å². The molecule has 1 atom stereocenters. The third kappa shape index (κ3) is 76.1. The van der Waals surface area contributed by atoms with Gasteiger partial charge in [0.2, 0.25) is 0 Å². The van der Waals surface area contributed by atoms with Gasteiger partial charge in [0.05, 0.1) is 6.61 Å². The highest BCUT2D eigenvalue weighted by Crippen LogP contribution is 2.20. The topological polar surface area (TPSA) is 72.8 Å². The van der Waals surface area contributed by atoms with E-state index in [0.29, 0.717) is 12.8 Å². The summed E-state index contributed by atoms with van der Waals surface area (Å²) in [5, 5.41) is 9.73. The first-order valence-electron chi connectivity index (χ1n) is 39.8. The molecular formula is C83H154O5. The third-order valence-electron chi connectivity index (χ3n) is 18.3. The van der Waals surface area contributed by atoms with Crippen LogP contribution in [0.5, 0.6) is 0 Å². The minimum atomic E-state index is -0.772. The lowest BCUT2D eigenvalue weighted by Crippen LogP contribution is -2.28. The Morgan fingerprint density at radius 3 is 0.750 bits per heavy atom. The van der Waals surface area contributed by atoms with Crippen LogP contribution >= 0.6 is 0 Å². The molecule has 1 N–H and O–H groups in total. The van der Waals surface area contributed by atoms with Gasteiger partial charge in [0.1, 0.15) is 6.61 Å². The molecule has 0 aromatic carbocycles. The SMILES string of the molecule is CC/C=C\C/C=C\C/C=C\C/C=C\CCCCCCCCCCCCCCCCCCCCCCC(=O)OC(CO)COC(=O)CCCCCCCCCCCCCCCCCCCCCCCCCCCCCCC/C=C\CCCCCCCCCC. The van der Waals surface area contributed by atoms with Crippen molar-refractivity contribution in [3.05, 3.63) is 60.8 Å². The van der Waals surface area contributed by atoms with Gasteiger partial charge in [-0.1, -0.05) is 408 Å². The van der Waals surface area contributed by atoms with Crippen LogP contribution in [0.4, 0.5) is 0 Å². The van der Waals surface area contributed by atoms with Crippen molar-refractivity contribution in [2.45, 2.75) is 444 Å². The molecular weight excluding hydrogens is 1080 g/mol. The lowest BCUT2D eigenvalue weighted by Gasteiger charge is -2.15. The van der Waals surface area contributed by atoms with E-state index in [1.54, 1.807) is 0 Å². The van der Waals surface area contributed by atoms with Crippen LogP contribution in [0.1, 0.15) is 438 Å². The average molecular weight is 1230 g/mol. The fraction of sp³-hybridized carbons (Fsp3) is 0.855. The summed E-state index contributed by atoms with van der Waals surface area (Å²) in [7, 11) is 0. The van der Waals surface area contributed by atoms with E-state index in [-0.39, 0.29) is 25.2 Å². The molecule has 0 spiro atoms. The maximum Gasteiger partial charge on any atom is 0.306 e. The number of ether oxygens (including phenoxy) is 2. The molecule has 0 saturated heterocycles. The van der Waals surface area contributed by atoms with E-state index in [1.165, 1.54) is 353 Å². The molecule has 516 valence electrons. The fourth-order valence-corrected chi connectivity index (χ4v) is 12.4. The van der Waals surface area contributed by atoms with Crippen LogP contribution in [0.3, 0.4) is 0 Å². The summed E-state index contributed by atoms with van der Waals surface area (Å²) in [6.07, 6.45) is 109. The number of carbonyl (C=O) groups excluding carboxylic acids is 2. The average Bonchev–Trinajstić information content (AvgIpc) is 3.56. The Bertz CT molecular complexity index is 1490. The Morgan fingerprint density at radius 1 is 0.273 bits per heavy atom. The second kappa shape index (κ2) is 78.8. The molecule has 0 amide bonds. The monoisotopic (exact) mass is 1230 g/mol. The Labute approximate surface area is 551 Å². The number of aliphatic hydroxyl groups is 1. The van der Waals surface area contributed by atoms with E-state index in [4.69, 9.17) is 9.47 Å². The number of esters is 2. The molecule has 5 heteroatoms. The van der Waals surface area contributed by atoms with Gasteiger partial charge in [0.25, 0.3) is 0 Å². The van der Waals surface area contributed by atoms with Gasteiger partial charge >= 0.3 is 11.9 Å². The summed E-state index contributed by atoms with van der Waals surface area (Å²) in [5.74, 6) is -0.565. The Balaban J connectivity index is 3.36. The molecule has 0 radical (unpaired) electrons. The van der Waals surface area contributed by atoms with E-state index in [1.807, 2.05) is 0 Å². The number of rotatable bonds is 75. The predicted molar refractivity (Wildman–Crippen MR) is 390 cm³/mol. The molecule has 0 aliphatic rings. The summed E-state index contributed by atoms with van der Waals surface area (Å²) in [4.78, 5) is 24.7. The number of aliphatic hydroxyl groups excluding tert-OH is 1. The normalized spacial score (nSPS) is 12.4. The van der Waals surface area contributed by atoms with Crippen LogP contribution in [0.25, 0.3) is 0 Å². The van der Waals surface area contributed by atoms with Crippen molar-refractivity contribution in [2.24, 2.45) is 0 Å². The molecule has 0 aromatic heterocycles. The first-order chi connectivity index (χ1) is 43.6. The maximum atomic E-state index is 12.4. The molecule has 1 unspecified atom stereocenters. The summed E-state index contributed by atoms with van der Waals surface area (Å²) in [5.41, 5.74) is 0. The molecule has 0 aliphatic carbocycles. The van der Waals surface area contributed by atoms with Gasteiger partial charge in [-0.25, -0.2) is 0 Å². The number of unbranched alkanes of at least 4 members (excludes halogenated alkanes) is 57.